The van der Waals surface area contributed by atoms with Gasteiger partial charge in [0, 0.05) is 6.04 Å². The predicted octanol–water partition coefficient (Wildman–Crippen LogP) is 2.27. The van der Waals surface area contributed by atoms with Crippen molar-refractivity contribution in [3.05, 3.63) is 35.7 Å². The lowest BCUT2D eigenvalue weighted by Crippen LogP contribution is -2.16. The van der Waals surface area contributed by atoms with E-state index >= 15 is 0 Å². The molecule has 94 valence electrons. The van der Waals surface area contributed by atoms with E-state index in [4.69, 9.17) is 4.52 Å². The molecule has 0 aliphatic heterocycles. The van der Waals surface area contributed by atoms with Gasteiger partial charge >= 0.3 is 0 Å². The number of benzene rings is 1. The maximum Gasteiger partial charge on any atom is 0.261 e. The fraction of sp³-hybridized carbons (Fsp3) is 0.333. The number of aromatic nitrogens is 2. The molecule has 4 nitrogen and oxygen atoms in total. The van der Waals surface area contributed by atoms with E-state index in [1.807, 2.05) is 0 Å². The average molecular weight is 251 g/mol. The average Bonchev–Trinajstić information content (AvgIpc) is 3.08. The first kappa shape index (κ1) is 11.3. The second kappa shape index (κ2) is 4.45. The molecule has 0 atom stereocenters. The Bertz CT molecular complexity index is 566. The minimum Gasteiger partial charge on any atom is -0.334 e. The van der Waals surface area contributed by atoms with Crippen LogP contribution in [0.15, 0.2) is 22.7 Å². The van der Waals surface area contributed by atoms with Crippen LogP contribution in [-0.4, -0.2) is 16.2 Å². The molecule has 2 aromatic rings. The van der Waals surface area contributed by atoms with Gasteiger partial charge in [0.25, 0.3) is 5.89 Å². The molecule has 1 aromatic carbocycles. The second-order valence-electron chi connectivity index (χ2n) is 4.30. The zero-order valence-electron chi connectivity index (χ0n) is 9.49. The monoisotopic (exact) mass is 251 g/mol. The third-order valence-corrected chi connectivity index (χ3v) is 2.75. The Labute approximate surface area is 102 Å². The number of hydrogen-bond acceptors (Lipinski definition) is 4. The molecule has 1 aliphatic carbocycles. The molecule has 1 aliphatic rings. The smallest absolute Gasteiger partial charge is 0.261 e. The highest BCUT2D eigenvalue weighted by Crippen LogP contribution is 2.22. The van der Waals surface area contributed by atoms with Crippen molar-refractivity contribution in [1.29, 1.82) is 0 Å². The van der Waals surface area contributed by atoms with Crippen molar-refractivity contribution in [3.63, 3.8) is 0 Å². The number of hydrogen-bond donors (Lipinski definition) is 1. The summed E-state index contributed by atoms with van der Waals surface area (Å²) in [4.78, 5) is 4.04. The van der Waals surface area contributed by atoms with Gasteiger partial charge in [-0.25, -0.2) is 8.78 Å². The van der Waals surface area contributed by atoms with Crippen LogP contribution < -0.4 is 5.32 Å². The lowest BCUT2D eigenvalue weighted by Gasteiger charge is -1.97. The largest absolute Gasteiger partial charge is 0.334 e. The van der Waals surface area contributed by atoms with Crippen molar-refractivity contribution in [2.45, 2.75) is 25.4 Å². The van der Waals surface area contributed by atoms with Crippen molar-refractivity contribution >= 4 is 0 Å². The molecule has 0 spiro atoms. The second-order valence-corrected chi connectivity index (χ2v) is 4.30. The lowest BCUT2D eigenvalue weighted by molar-refractivity contribution is 0.416. The molecule has 0 bridgehead atoms. The topological polar surface area (TPSA) is 51.0 Å². The van der Waals surface area contributed by atoms with Gasteiger partial charge in [-0.05, 0) is 31.0 Å². The molecule has 0 unspecified atom stereocenters. The number of nitrogens with one attached hydrogen (secondary N) is 1. The van der Waals surface area contributed by atoms with Crippen LogP contribution in [0.4, 0.5) is 8.78 Å². The highest BCUT2D eigenvalue weighted by molar-refractivity contribution is 5.53. The number of nitrogens with zero attached hydrogens (tertiary/aromatic N) is 2. The molecule has 1 N–H and O–H groups in total. The van der Waals surface area contributed by atoms with Gasteiger partial charge in [0.1, 0.15) is 11.6 Å². The van der Waals surface area contributed by atoms with Crippen LogP contribution in [0.1, 0.15) is 18.7 Å². The Morgan fingerprint density at radius 3 is 2.94 bits per heavy atom. The highest BCUT2D eigenvalue weighted by Gasteiger charge is 2.21. The van der Waals surface area contributed by atoms with Crippen molar-refractivity contribution in [2.75, 3.05) is 0 Å². The first-order chi connectivity index (χ1) is 8.72. The van der Waals surface area contributed by atoms with E-state index in [0.717, 1.165) is 31.0 Å². The van der Waals surface area contributed by atoms with Gasteiger partial charge in [0.05, 0.1) is 12.1 Å². The predicted molar refractivity (Wildman–Crippen MR) is 59.5 cm³/mol. The molecule has 1 fully saturated rings. The van der Waals surface area contributed by atoms with Gasteiger partial charge in [-0.3, -0.25) is 0 Å². The van der Waals surface area contributed by atoms with E-state index in [9.17, 15) is 8.78 Å². The standard InChI is InChI=1S/C12H11F2N3O/c13-7-1-4-10(14)9(5-7)12-16-11(17-18-12)6-15-8-2-3-8/h1,4-5,8,15H,2-3,6H2. The molecule has 3 rings (SSSR count). The number of halogens is 2. The minimum absolute atomic E-state index is 0.000373. The molecule has 6 heteroatoms. The molecule has 0 radical (unpaired) electrons. The third-order valence-electron chi connectivity index (χ3n) is 2.75. The van der Waals surface area contributed by atoms with Crippen LogP contribution in [0.25, 0.3) is 11.5 Å². The van der Waals surface area contributed by atoms with Gasteiger partial charge in [0.15, 0.2) is 5.82 Å². The van der Waals surface area contributed by atoms with Gasteiger partial charge in [0.2, 0.25) is 0 Å². The molecule has 1 saturated carbocycles. The maximum atomic E-state index is 13.5. The molecule has 18 heavy (non-hydrogen) atoms. The zero-order valence-corrected chi connectivity index (χ0v) is 9.49. The maximum absolute atomic E-state index is 13.5. The molecule has 1 heterocycles. The summed E-state index contributed by atoms with van der Waals surface area (Å²) >= 11 is 0. The Balaban J connectivity index is 1.80. The highest BCUT2D eigenvalue weighted by atomic mass is 19.1. The Morgan fingerprint density at radius 1 is 1.33 bits per heavy atom. The third kappa shape index (κ3) is 2.38. The summed E-state index contributed by atoms with van der Waals surface area (Å²) in [5.74, 6) is -0.677. The summed E-state index contributed by atoms with van der Waals surface area (Å²) in [6.07, 6.45) is 2.31. The number of rotatable bonds is 4. The van der Waals surface area contributed by atoms with Crippen LogP contribution in [0.2, 0.25) is 0 Å². The van der Waals surface area contributed by atoms with Crippen molar-refractivity contribution in [3.8, 4) is 11.5 Å². The SMILES string of the molecule is Fc1ccc(F)c(-c2nc(CNC3CC3)no2)c1. The van der Waals surface area contributed by atoms with E-state index < -0.39 is 11.6 Å². The Morgan fingerprint density at radius 2 is 2.17 bits per heavy atom. The van der Waals surface area contributed by atoms with Gasteiger partial charge < -0.3 is 9.84 Å². The summed E-state index contributed by atoms with van der Waals surface area (Å²) in [6.45, 7) is 0.477. The van der Waals surface area contributed by atoms with E-state index in [1.54, 1.807) is 0 Å². The zero-order chi connectivity index (χ0) is 12.5. The first-order valence-corrected chi connectivity index (χ1v) is 5.74. The summed E-state index contributed by atoms with van der Waals surface area (Å²) in [5.41, 5.74) is -0.0137. The van der Waals surface area contributed by atoms with E-state index in [0.29, 0.717) is 18.4 Å². The molecule has 0 amide bonds. The van der Waals surface area contributed by atoms with Crippen LogP contribution >= 0.6 is 0 Å². The first-order valence-electron chi connectivity index (χ1n) is 5.74. The molecule has 0 saturated heterocycles. The van der Waals surface area contributed by atoms with Crippen molar-refractivity contribution in [1.82, 2.24) is 15.5 Å². The molecular weight excluding hydrogens is 240 g/mol. The summed E-state index contributed by atoms with van der Waals surface area (Å²) < 4.78 is 31.4. The van der Waals surface area contributed by atoms with Crippen molar-refractivity contribution in [2.24, 2.45) is 0 Å². The Hall–Kier alpha value is -1.82. The van der Waals surface area contributed by atoms with E-state index in [1.165, 1.54) is 0 Å². The quantitative estimate of drug-likeness (QED) is 0.905. The summed E-state index contributed by atoms with van der Waals surface area (Å²) in [6, 6.07) is 3.65. The van der Waals surface area contributed by atoms with E-state index in [2.05, 4.69) is 15.5 Å². The van der Waals surface area contributed by atoms with Crippen molar-refractivity contribution < 1.29 is 13.3 Å². The summed E-state index contributed by atoms with van der Waals surface area (Å²) in [7, 11) is 0. The van der Waals surface area contributed by atoms with Gasteiger partial charge in [-0.1, -0.05) is 5.16 Å². The van der Waals surface area contributed by atoms with Gasteiger partial charge in [-0.2, -0.15) is 4.98 Å². The Kier molecular flexibility index (Phi) is 2.79. The normalized spacial score (nSPS) is 15.0. The van der Waals surface area contributed by atoms with Gasteiger partial charge in [-0.15, -0.1) is 0 Å². The van der Waals surface area contributed by atoms with Crippen LogP contribution in [0.5, 0.6) is 0 Å². The minimum atomic E-state index is -0.582. The fourth-order valence-corrected chi connectivity index (χ4v) is 1.62. The molecular formula is C12H11F2N3O. The summed E-state index contributed by atoms with van der Waals surface area (Å²) in [5, 5.41) is 6.94. The molecule has 1 aromatic heterocycles. The van der Waals surface area contributed by atoms with E-state index in [-0.39, 0.29) is 11.5 Å². The van der Waals surface area contributed by atoms with Crippen LogP contribution in [0, 0.1) is 11.6 Å². The van der Waals surface area contributed by atoms with Crippen LogP contribution in [0.3, 0.4) is 0 Å². The fourth-order valence-electron chi connectivity index (χ4n) is 1.62. The van der Waals surface area contributed by atoms with Crippen LogP contribution in [-0.2, 0) is 6.54 Å². The lowest BCUT2D eigenvalue weighted by atomic mass is 10.2.